The van der Waals surface area contributed by atoms with Crippen LogP contribution in [0.25, 0.3) is 11.4 Å². The fourth-order valence-corrected chi connectivity index (χ4v) is 1.60. The Hall–Kier alpha value is -2.44. The Morgan fingerprint density at radius 3 is 2.71 bits per heavy atom. The molecule has 2 aromatic rings. The lowest BCUT2D eigenvalue weighted by Gasteiger charge is -2.02. The molecule has 0 aliphatic heterocycles. The molecule has 1 heterocycles. The molecule has 0 saturated carbocycles. The lowest BCUT2D eigenvalue weighted by Crippen LogP contribution is -1.98. The monoisotopic (exact) mass is 233 g/mol. The minimum absolute atomic E-state index is 0.122. The van der Waals surface area contributed by atoms with Crippen LogP contribution in [0.4, 0.5) is 11.4 Å². The van der Waals surface area contributed by atoms with E-state index in [1.807, 2.05) is 0 Å². The summed E-state index contributed by atoms with van der Waals surface area (Å²) in [5, 5.41) is 14.9. The highest BCUT2D eigenvalue weighted by molar-refractivity contribution is 5.68. The SMILES string of the molecule is Cc1nc(-c2ccc(N)c([N+](=O)[O-])c2)n(C)n1. The third-order valence-electron chi connectivity index (χ3n) is 2.35. The number of rotatable bonds is 2. The van der Waals surface area contributed by atoms with Gasteiger partial charge in [-0.3, -0.25) is 10.1 Å². The molecule has 7 nitrogen and oxygen atoms in total. The zero-order valence-electron chi connectivity index (χ0n) is 9.41. The summed E-state index contributed by atoms with van der Waals surface area (Å²) in [4.78, 5) is 14.5. The van der Waals surface area contributed by atoms with Gasteiger partial charge in [0.1, 0.15) is 11.5 Å². The van der Waals surface area contributed by atoms with Gasteiger partial charge in [-0.2, -0.15) is 5.10 Å². The molecule has 0 atom stereocenters. The molecule has 1 aromatic heterocycles. The predicted molar refractivity (Wildman–Crippen MR) is 62.2 cm³/mol. The van der Waals surface area contributed by atoms with Crippen LogP contribution in [0.3, 0.4) is 0 Å². The van der Waals surface area contributed by atoms with Crippen molar-refractivity contribution >= 4 is 11.4 Å². The maximum atomic E-state index is 10.8. The highest BCUT2D eigenvalue weighted by Crippen LogP contribution is 2.27. The average molecular weight is 233 g/mol. The maximum Gasteiger partial charge on any atom is 0.292 e. The number of anilines is 1. The summed E-state index contributed by atoms with van der Waals surface area (Å²) in [6.07, 6.45) is 0. The molecule has 0 unspecified atom stereocenters. The Morgan fingerprint density at radius 2 is 2.18 bits per heavy atom. The Bertz CT molecular complexity index is 590. The smallest absolute Gasteiger partial charge is 0.292 e. The Balaban J connectivity index is 2.57. The molecule has 88 valence electrons. The average Bonchev–Trinajstić information content (AvgIpc) is 2.58. The van der Waals surface area contributed by atoms with Gasteiger partial charge in [0.25, 0.3) is 5.69 Å². The van der Waals surface area contributed by atoms with Crippen LogP contribution in [0.2, 0.25) is 0 Å². The highest BCUT2D eigenvalue weighted by Gasteiger charge is 2.15. The highest BCUT2D eigenvalue weighted by atomic mass is 16.6. The van der Waals surface area contributed by atoms with Crippen molar-refractivity contribution in [3.63, 3.8) is 0 Å². The van der Waals surface area contributed by atoms with Gasteiger partial charge in [-0.05, 0) is 19.1 Å². The first-order valence-corrected chi connectivity index (χ1v) is 4.91. The van der Waals surface area contributed by atoms with Crippen LogP contribution < -0.4 is 5.73 Å². The topological polar surface area (TPSA) is 99.9 Å². The summed E-state index contributed by atoms with van der Waals surface area (Å²) < 4.78 is 1.57. The van der Waals surface area contributed by atoms with Gasteiger partial charge in [-0.1, -0.05) is 0 Å². The van der Waals surface area contributed by atoms with Crippen LogP contribution in [0.15, 0.2) is 18.2 Å². The van der Waals surface area contributed by atoms with Gasteiger partial charge in [0.15, 0.2) is 5.82 Å². The molecule has 0 spiro atoms. The molecule has 17 heavy (non-hydrogen) atoms. The van der Waals surface area contributed by atoms with E-state index in [1.165, 1.54) is 12.1 Å². The van der Waals surface area contributed by atoms with Gasteiger partial charge >= 0.3 is 0 Å². The summed E-state index contributed by atoms with van der Waals surface area (Å²) in [6, 6.07) is 4.59. The Morgan fingerprint density at radius 1 is 1.47 bits per heavy atom. The summed E-state index contributed by atoms with van der Waals surface area (Å²) in [5.41, 5.74) is 6.16. The summed E-state index contributed by atoms with van der Waals surface area (Å²) in [6.45, 7) is 1.76. The first-order valence-electron chi connectivity index (χ1n) is 4.91. The van der Waals surface area contributed by atoms with Gasteiger partial charge < -0.3 is 5.73 Å². The first kappa shape index (κ1) is 11.1. The second-order valence-electron chi connectivity index (χ2n) is 3.64. The lowest BCUT2D eigenvalue weighted by molar-refractivity contribution is -0.383. The van der Waals surface area contributed by atoms with E-state index in [0.717, 1.165) is 0 Å². The van der Waals surface area contributed by atoms with Crippen molar-refractivity contribution in [1.82, 2.24) is 14.8 Å². The number of nitro groups is 1. The summed E-state index contributed by atoms with van der Waals surface area (Å²) >= 11 is 0. The largest absolute Gasteiger partial charge is 0.393 e. The molecule has 2 N–H and O–H groups in total. The van der Waals surface area contributed by atoms with E-state index in [2.05, 4.69) is 10.1 Å². The molecule has 0 bridgehead atoms. The lowest BCUT2D eigenvalue weighted by atomic mass is 10.1. The zero-order valence-corrected chi connectivity index (χ0v) is 9.41. The zero-order chi connectivity index (χ0) is 12.6. The Kier molecular flexibility index (Phi) is 2.51. The van der Waals surface area contributed by atoms with Gasteiger partial charge in [0, 0.05) is 18.7 Å². The number of benzene rings is 1. The van der Waals surface area contributed by atoms with Gasteiger partial charge in [0.2, 0.25) is 0 Å². The minimum atomic E-state index is -0.512. The first-order chi connectivity index (χ1) is 7.99. The molecule has 0 fully saturated rings. The van der Waals surface area contributed by atoms with E-state index in [4.69, 9.17) is 5.73 Å². The molecule has 0 saturated heterocycles. The van der Waals surface area contributed by atoms with Gasteiger partial charge in [-0.15, -0.1) is 0 Å². The number of hydrogen-bond donors (Lipinski definition) is 1. The van der Waals surface area contributed by atoms with Gasteiger partial charge in [-0.25, -0.2) is 9.67 Å². The van der Waals surface area contributed by atoms with Crippen LogP contribution in [-0.2, 0) is 7.05 Å². The van der Waals surface area contributed by atoms with E-state index in [1.54, 1.807) is 24.7 Å². The quantitative estimate of drug-likeness (QED) is 0.478. The molecule has 0 amide bonds. The number of aryl methyl sites for hydroxylation is 2. The van der Waals surface area contributed by atoms with Crippen molar-refractivity contribution in [3.8, 4) is 11.4 Å². The molecule has 7 heteroatoms. The van der Waals surface area contributed by atoms with Crippen LogP contribution in [-0.4, -0.2) is 19.7 Å². The van der Waals surface area contributed by atoms with Crippen molar-refractivity contribution in [3.05, 3.63) is 34.1 Å². The third-order valence-corrected chi connectivity index (χ3v) is 2.35. The van der Waals surface area contributed by atoms with Crippen molar-refractivity contribution in [2.75, 3.05) is 5.73 Å². The molecule has 0 aliphatic carbocycles. The second-order valence-corrected chi connectivity index (χ2v) is 3.64. The number of nitrogens with zero attached hydrogens (tertiary/aromatic N) is 4. The van der Waals surface area contributed by atoms with E-state index >= 15 is 0 Å². The summed E-state index contributed by atoms with van der Waals surface area (Å²) in [5.74, 6) is 1.19. The van der Waals surface area contributed by atoms with E-state index in [0.29, 0.717) is 17.2 Å². The van der Waals surface area contributed by atoms with Crippen LogP contribution in [0.1, 0.15) is 5.82 Å². The van der Waals surface area contributed by atoms with Crippen LogP contribution >= 0.6 is 0 Å². The normalized spacial score (nSPS) is 10.5. The number of nitro benzene ring substituents is 1. The molecular formula is C10H11N5O2. The predicted octanol–water partition coefficient (Wildman–Crippen LogP) is 1.28. The van der Waals surface area contributed by atoms with E-state index < -0.39 is 4.92 Å². The van der Waals surface area contributed by atoms with E-state index in [-0.39, 0.29) is 11.4 Å². The molecule has 0 aliphatic rings. The summed E-state index contributed by atoms with van der Waals surface area (Å²) in [7, 11) is 1.73. The van der Waals surface area contributed by atoms with Crippen molar-refractivity contribution < 1.29 is 4.92 Å². The van der Waals surface area contributed by atoms with Gasteiger partial charge in [0.05, 0.1) is 4.92 Å². The second kappa shape index (κ2) is 3.85. The van der Waals surface area contributed by atoms with Crippen LogP contribution in [0.5, 0.6) is 0 Å². The molecular weight excluding hydrogens is 222 g/mol. The van der Waals surface area contributed by atoms with Crippen LogP contribution in [0, 0.1) is 17.0 Å². The molecule has 0 radical (unpaired) electrons. The number of nitrogens with two attached hydrogens (primary N) is 1. The number of aromatic nitrogens is 3. The number of nitrogen functional groups attached to an aromatic ring is 1. The molecule has 1 aromatic carbocycles. The standard InChI is InChI=1S/C10H11N5O2/c1-6-12-10(14(2)13-6)7-3-4-8(11)9(5-7)15(16)17/h3-5H,11H2,1-2H3. The van der Waals surface area contributed by atoms with Crippen molar-refractivity contribution in [1.29, 1.82) is 0 Å². The fourth-order valence-electron chi connectivity index (χ4n) is 1.60. The van der Waals surface area contributed by atoms with Crippen molar-refractivity contribution in [2.24, 2.45) is 7.05 Å². The third kappa shape index (κ3) is 1.94. The number of hydrogen-bond acceptors (Lipinski definition) is 5. The Labute approximate surface area is 97.0 Å². The minimum Gasteiger partial charge on any atom is -0.393 e. The van der Waals surface area contributed by atoms with Crippen molar-refractivity contribution in [2.45, 2.75) is 6.92 Å². The maximum absolute atomic E-state index is 10.8. The fraction of sp³-hybridized carbons (Fsp3) is 0.200. The van der Waals surface area contributed by atoms with E-state index in [9.17, 15) is 10.1 Å². The molecule has 2 rings (SSSR count).